The maximum absolute atomic E-state index is 8.79. The van der Waals surface area contributed by atoms with E-state index in [1.165, 1.54) is 0 Å². The van der Waals surface area contributed by atoms with Crippen LogP contribution in [0.5, 0.6) is 0 Å². The molecule has 0 aromatic rings. The van der Waals surface area contributed by atoms with Gasteiger partial charge in [-0.1, -0.05) is 25.4 Å². The molecule has 5 heteroatoms. The molecule has 0 bridgehead atoms. The third-order valence-electron chi connectivity index (χ3n) is 3.31. The molecular formula is C11H24N4O. The van der Waals surface area contributed by atoms with Crippen molar-refractivity contribution in [3.8, 4) is 0 Å². The first-order chi connectivity index (χ1) is 7.72. The van der Waals surface area contributed by atoms with Crippen molar-refractivity contribution in [3.63, 3.8) is 0 Å². The number of hydrogen-bond donors (Lipinski definition) is 2. The Balaban J connectivity index is 2.53. The summed E-state index contributed by atoms with van der Waals surface area (Å²) in [5.74, 6) is 0.354. The Labute approximate surface area is 97.9 Å². The molecule has 1 heterocycles. The van der Waals surface area contributed by atoms with Gasteiger partial charge in [0, 0.05) is 26.2 Å². The largest absolute Gasteiger partial charge is 0.409 e. The van der Waals surface area contributed by atoms with Crippen molar-refractivity contribution in [2.75, 3.05) is 32.7 Å². The van der Waals surface area contributed by atoms with Crippen LogP contribution in [-0.2, 0) is 0 Å². The molecule has 0 radical (unpaired) electrons. The second-order valence-corrected chi connectivity index (χ2v) is 4.30. The molecule has 0 aromatic carbocycles. The molecule has 0 aliphatic carbocycles. The Bertz CT molecular complexity index is 224. The number of amidine groups is 1. The van der Waals surface area contributed by atoms with Crippen molar-refractivity contribution in [3.05, 3.63) is 0 Å². The van der Waals surface area contributed by atoms with Crippen molar-refractivity contribution >= 4 is 5.84 Å². The average Bonchev–Trinajstić information content (AvgIpc) is 2.35. The first kappa shape index (κ1) is 13.3. The van der Waals surface area contributed by atoms with Gasteiger partial charge < -0.3 is 15.8 Å². The minimum absolute atomic E-state index is 0.106. The second-order valence-electron chi connectivity index (χ2n) is 4.30. The maximum atomic E-state index is 8.79. The van der Waals surface area contributed by atoms with Crippen molar-refractivity contribution in [2.24, 2.45) is 10.9 Å². The number of piperazine rings is 1. The molecule has 1 fully saturated rings. The molecular weight excluding hydrogens is 204 g/mol. The molecule has 0 aromatic heterocycles. The van der Waals surface area contributed by atoms with Crippen molar-refractivity contribution in [2.45, 2.75) is 32.7 Å². The summed E-state index contributed by atoms with van der Waals surface area (Å²) in [6.45, 7) is 9.59. The van der Waals surface area contributed by atoms with Gasteiger partial charge in [-0.2, -0.15) is 0 Å². The van der Waals surface area contributed by atoms with E-state index < -0.39 is 0 Å². The molecule has 0 saturated carbocycles. The predicted molar refractivity (Wildman–Crippen MR) is 65.8 cm³/mol. The van der Waals surface area contributed by atoms with E-state index in [2.05, 4.69) is 28.8 Å². The van der Waals surface area contributed by atoms with Gasteiger partial charge in [-0.25, -0.2) is 0 Å². The van der Waals surface area contributed by atoms with E-state index in [0.717, 1.165) is 45.6 Å². The lowest BCUT2D eigenvalue weighted by atomic mass is 10.1. The van der Waals surface area contributed by atoms with Gasteiger partial charge in [0.2, 0.25) is 0 Å². The van der Waals surface area contributed by atoms with Crippen LogP contribution in [0.25, 0.3) is 0 Å². The van der Waals surface area contributed by atoms with E-state index >= 15 is 0 Å². The van der Waals surface area contributed by atoms with Gasteiger partial charge in [-0.05, 0) is 13.0 Å². The van der Waals surface area contributed by atoms with Crippen LogP contribution in [0.4, 0.5) is 0 Å². The summed E-state index contributed by atoms with van der Waals surface area (Å²) in [5.41, 5.74) is 5.75. The fourth-order valence-corrected chi connectivity index (χ4v) is 2.25. The summed E-state index contributed by atoms with van der Waals surface area (Å²) >= 11 is 0. The second kappa shape index (κ2) is 6.70. The zero-order valence-corrected chi connectivity index (χ0v) is 10.4. The number of nitrogens with two attached hydrogens (primary N) is 1. The lowest BCUT2D eigenvalue weighted by molar-refractivity contribution is 0.116. The highest BCUT2D eigenvalue weighted by atomic mass is 16.4. The molecule has 5 nitrogen and oxygen atoms in total. The van der Waals surface area contributed by atoms with Crippen LogP contribution >= 0.6 is 0 Å². The minimum atomic E-state index is 0.106. The lowest BCUT2D eigenvalue weighted by Crippen LogP contribution is -2.54. The van der Waals surface area contributed by atoms with Crippen LogP contribution in [0.3, 0.4) is 0 Å². The minimum Gasteiger partial charge on any atom is -0.409 e. The quantitative estimate of drug-likeness (QED) is 0.312. The van der Waals surface area contributed by atoms with Crippen LogP contribution < -0.4 is 5.73 Å². The van der Waals surface area contributed by atoms with Crippen LogP contribution in [-0.4, -0.2) is 59.6 Å². The summed E-state index contributed by atoms with van der Waals surface area (Å²) in [6.07, 6.45) is 2.01. The molecule has 0 spiro atoms. The number of likely N-dealkylation sites (N-methyl/N-ethyl adjacent to an activating group) is 1. The topological polar surface area (TPSA) is 65.1 Å². The van der Waals surface area contributed by atoms with E-state index in [1.807, 2.05) is 0 Å². The summed E-state index contributed by atoms with van der Waals surface area (Å²) in [7, 11) is 0. The first-order valence-electron chi connectivity index (χ1n) is 6.16. The van der Waals surface area contributed by atoms with Gasteiger partial charge in [-0.15, -0.1) is 0 Å². The number of rotatable bonds is 5. The van der Waals surface area contributed by atoms with Gasteiger partial charge in [0.1, 0.15) is 0 Å². The molecule has 1 unspecified atom stereocenters. The van der Waals surface area contributed by atoms with Crippen LogP contribution in [0.2, 0.25) is 0 Å². The van der Waals surface area contributed by atoms with Gasteiger partial charge in [0.05, 0.1) is 6.04 Å². The van der Waals surface area contributed by atoms with Gasteiger partial charge >= 0.3 is 0 Å². The maximum Gasteiger partial charge on any atom is 0.156 e. The third kappa shape index (κ3) is 3.35. The Morgan fingerprint density at radius 3 is 2.38 bits per heavy atom. The highest BCUT2D eigenvalue weighted by Crippen LogP contribution is 2.11. The highest BCUT2D eigenvalue weighted by molar-refractivity contribution is 5.85. The Hall–Kier alpha value is -0.810. The standard InChI is InChI=1S/C11H24N4O/c1-3-5-10(11(12)13-16)15-8-6-14(4-2)7-9-15/h10,16H,3-9H2,1-2H3,(H2,12,13). The van der Waals surface area contributed by atoms with Gasteiger partial charge in [0.25, 0.3) is 0 Å². The molecule has 1 aliphatic rings. The molecule has 94 valence electrons. The van der Waals surface area contributed by atoms with Crippen LogP contribution in [0.15, 0.2) is 5.16 Å². The van der Waals surface area contributed by atoms with Crippen molar-refractivity contribution in [1.82, 2.24) is 9.80 Å². The van der Waals surface area contributed by atoms with E-state index in [0.29, 0.717) is 5.84 Å². The average molecular weight is 228 g/mol. The summed E-state index contributed by atoms with van der Waals surface area (Å²) in [4.78, 5) is 4.75. The van der Waals surface area contributed by atoms with Crippen LogP contribution in [0.1, 0.15) is 26.7 Å². The molecule has 1 atom stereocenters. The fourth-order valence-electron chi connectivity index (χ4n) is 2.25. The number of oxime groups is 1. The molecule has 3 N–H and O–H groups in total. The highest BCUT2D eigenvalue weighted by Gasteiger charge is 2.25. The fraction of sp³-hybridized carbons (Fsp3) is 0.909. The first-order valence-corrected chi connectivity index (χ1v) is 6.16. The molecule has 1 rings (SSSR count). The van der Waals surface area contributed by atoms with Gasteiger partial charge in [-0.3, -0.25) is 4.90 Å². The third-order valence-corrected chi connectivity index (χ3v) is 3.31. The summed E-state index contributed by atoms with van der Waals surface area (Å²) in [5, 5.41) is 11.9. The zero-order chi connectivity index (χ0) is 12.0. The Morgan fingerprint density at radius 2 is 1.94 bits per heavy atom. The lowest BCUT2D eigenvalue weighted by Gasteiger charge is -2.38. The monoisotopic (exact) mass is 228 g/mol. The molecule has 1 aliphatic heterocycles. The van der Waals surface area contributed by atoms with Gasteiger partial charge in [0.15, 0.2) is 5.84 Å². The molecule has 16 heavy (non-hydrogen) atoms. The normalized spacial score (nSPS) is 22.2. The SMILES string of the molecule is CCCC(C(N)=NO)N1CCN(CC)CC1. The Kier molecular flexibility index (Phi) is 5.55. The Morgan fingerprint density at radius 1 is 1.31 bits per heavy atom. The van der Waals surface area contributed by atoms with E-state index in [1.54, 1.807) is 0 Å². The number of hydrogen-bond acceptors (Lipinski definition) is 4. The summed E-state index contributed by atoms with van der Waals surface area (Å²) in [6, 6.07) is 0.106. The zero-order valence-electron chi connectivity index (χ0n) is 10.4. The summed E-state index contributed by atoms with van der Waals surface area (Å²) < 4.78 is 0. The number of nitrogens with zero attached hydrogens (tertiary/aromatic N) is 3. The van der Waals surface area contributed by atoms with Crippen molar-refractivity contribution < 1.29 is 5.21 Å². The molecule has 1 saturated heterocycles. The van der Waals surface area contributed by atoms with E-state index in [4.69, 9.17) is 10.9 Å². The molecule has 0 amide bonds. The predicted octanol–water partition coefficient (Wildman–Crippen LogP) is 0.539. The van der Waals surface area contributed by atoms with E-state index in [-0.39, 0.29) is 6.04 Å². The smallest absolute Gasteiger partial charge is 0.156 e. The van der Waals surface area contributed by atoms with Crippen LogP contribution in [0, 0.1) is 0 Å². The van der Waals surface area contributed by atoms with E-state index in [9.17, 15) is 0 Å². The van der Waals surface area contributed by atoms with Crippen molar-refractivity contribution in [1.29, 1.82) is 0 Å².